The van der Waals surface area contributed by atoms with Gasteiger partial charge in [0.1, 0.15) is 0 Å². The maximum Gasteiger partial charge on any atom is 0.250 e. The normalized spacial score (nSPS) is 24.6. The number of rotatable bonds is 2. The lowest BCUT2D eigenvalue weighted by molar-refractivity contribution is -0.139. The van der Waals surface area contributed by atoms with Crippen molar-refractivity contribution in [3.63, 3.8) is 0 Å². The van der Waals surface area contributed by atoms with Crippen LogP contribution in [0.1, 0.15) is 50.1 Å². The Hall–Kier alpha value is -2.43. The van der Waals surface area contributed by atoms with E-state index in [1.807, 2.05) is 29.0 Å². The van der Waals surface area contributed by atoms with E-state index in [1.54, 1.807) is 12.3 Å². The molecular formula is C23H27N3O2. The fourth-order valence-electron chi connectivity index (χ4n) is 5.57. The third kappa shape index (κ3) is 3.07. The Bertz CT molecular complexity index is 931. The van der Waals surface area contributed by atoms with Crippen LogP contribution in [-0.2, 0) is 11.3 Å². The topological polar surface area (TPSA) is 55.2 Å². The van der Waals surface area contributed by atoms with Crippen LogP contribution in [-0.4, -0.2) is 33.4 Å². The van der Waals surface area contributed by atoms with Crippen LogP contribution in [0.2, 0.25) is 0 Å². The van der Waals surface area contributed by atoms with Gasteiger partial charge in [-0.25, -0.2) is 0 Å². The van der Waals surface area contributed by atoms with Crippen molar-refractivity contribution in [1.82, 2.24) is 14.5 Å². The molecule has 0 unspecified atom stereocenters. The summed E-state index contributed by atoms with van der Waals surface area (Å²) in [5, 5.41) is 0. The fourth-order valence-corrected chi connectivity index (χ4v) is 5.57. The summed E-state index contributed by atoms with van der Waals surface area (Å²) < 4.78 is 1.96. The predicted molar refractivity (Wildman–Crippen MR) is 108 cm³/mol. The Balaban J connectivity index is 1.49. The smallest absolute Gasteiger partial charge is 0.250 e. The second-order valence-corrected chi connectivity index (χ2v) is 8.70. The molecule has 1 amide bonds. The van der Waals surface area contributed by atoms with Gasteiger partial charge < -0.3 is 9.47 Å². The van der Waals surface area contributed by atoms with Crippen LogP contribution in [0.3, 0.4) is 0 Å². The highest BCUT2D eigenvalue weighted by molar-refractivity contribution is 5.79. The lowest BCUT2D eigenvalue weighted by Crippen LogP contribution is -2.51. The van der Waals surface area contributed by atoms with Crippen molar-refractivity contribution in [1.29, 1.82) is 0 Å². The van der Waals surface area contributed by atoms with Gasteiger partial charge in [0.15, 0.2) is 0 Å². The molecule has 1 aliphatic carbocycles. The summed E-state index contributed by atoms with van der Waals surface area (Å²) in [5.41, 5.74) is 3.30. The molecule has 2 aromatic heterocycles. The molecule has 5 heteroatoms. The van der Waals surface area contributed by atoms with Crippen LogP contribution in [0.4, 0.5) is 0 Å². The van der Waals surface area contributed by atoms with E-state index in [9.17, 15) is 9.59 Å². The third-order valence-electron chi connectivity index (χ3n) is 6.83. The van der Waals surface area contributed by atoms with Gasteiger partial charge in [-0.3, -0.25) is 14.6 Å². The number of pyridine rings is 2. The molecule has 2 aliphatic heterocycles. The maximum absolute atomic E-state index is 13.2. The number of hydrogen-bond acceptors (Lipinski definition) is 3. The quantitative estimate of drug-likeness (QED) is 0.806. The number of carbonyl (C=O) groups excluding carboxylic acids is 1. The van der Waals surface area contributed by atoms with E-state index in [1.165, 1.54) is 19.3 Å². The number of fused-ring (bicyclic) bond motifs is 4. The molecular weight excluding hydrogens is 350 g/mol. The van der Waals surface area contributed by atoms with Gasteiger partial charge in [-0.15, -0.1) is 0 Å². The zero-order chi connectivity index (χ0) is 19.1. The first kappa shape index (κ1) is 17.7. The van der Waals surface area contributed by atoms with E-state index in [0.717, 1.165) is 49.2 Å². The molecule has 0 aromatic carbocycles. The second kappa shape index (κ2) is 7.19. The number of hydrogen-bond donors (Lipinski definition) is 0. The molecule has 0 N–H and O–H groups in total. The molecule has 3 aliphatic rings. The van der Waals surface area contributed by atoms with Gasteiger partial charge in [0.05, 0.1) is 0 Å². The molecule has 5 nitrogen and oxygen atoms in total. The number of likely N-dealkylation sites (tertiary alicyclic amines) is 1. The van der Waals surface area contributed by atoms with Gasteiger partial charge in [0.25, 0.3) is 5.56 Å². The van der Waals surface area contributed by atoms with Crippen LogP contribution in [0, 0.1) is 11.8 Å². The van der Waals surface area contributed by atoms with Gasteiger partial charge in [-0.1, -0.05) is 25.3 Å². The highest BCUT2D eigenvalue weighted by Gasteiger charge is 2.39. The molecule has 2 aromatic rings. The van der Waals surface area contributed by atoms with Crippen molar-refractivity contribution in [2.75, 3.05) is 13.1 Å². The van der Waals surface area contributed by atoms with E-state index < -0.39 is 0 Å². The summed E-state index contributed by atoms with van der Waals surface area (Å²) in [5.74, 6) is 1.16. The number of piperidine rings is 1. The van der Waals surface area contributed by atoms with Crippen molar-refractivity contribution in [3.8, 4) is 11.1 Å². The summed E-state index contributed by atoms with van der Waals surface area (Å²) in [7, 11) is 0. The lowest BCUT2D eigenvalue weighted by Gasteiger charge is -2.44. The van der Waals surface area contributed by atoms with Gasteiger partial charge in [0, 0.05) is 66.8 Å². The first-order chi connectivity index (χ1) is 13.7. The minimum absolute atomic E-state index is 0.0735. The Morgan fingerprint density at radius 1 is 1.04 bits per heavy atom. The lowest BCUT2D eigenvalue weighted by atomic mass is 9.79. The van der Waals surface area contributed by atoms with Crippen molar-refractivity contribution in [3.05, 3.63) is 52.7 Å². The Kier molecular flexibility index (Phi) is 4.53. The first-order valence-corrected chi connectivity index (χ1v) is 10.6. The van der Waals surface area contributed by atoms with Gasteiger partial charge >= 0.3 is 0 Å². The fraction of sp³-hybridized carbons (Fsp3) is 0.522. The molecule has 2 bridgehead atoms. The van der Waals surface area contributed by atoms with E-state index in [4.69, 9.17) is 0 Å². The van der Waals surface area contributed by atoms with E-state index >= 15 is 0 Å². The van der Waals surface area contributed by atoms with Gasteiger partial charge in [-0.2, -0.15) is 0 Å². The number of nitrogens with zero attached hydrogens (tertiary/aromatic N) is 3. The van der Waals surface area contributed by atoms with Crippen molar-refractivity contribution >= 4 is 5.91 Å². The molecule has 4 heterocycles. The van der Waals surface area contributed by atoms with E-state index in [2.05, 4.69) is 9.88 Å². The van der Waals surface area contributed by atoms with Crippen LogP contribution >= 0.6 is 0 Å². The molecule has 1 saturated heterocycles. The van der Waals surface area contributed by atoms with Crippen molar-refractivity contribution < 1.29 is 4.79 Å². The average molecular weight is 377 g/mol. The Morgan fingerprint density at radius 3 is 2.68 bits per heavy atom. The van der Waals surface area contributed by atoms with Gasteiger partial charge in [-0.05, 0) is 37.3 Å². The minimum Gasteiger partial charge on any atom is -0.341 e. The van der Waals surface area contributed by atoms with Crippen LogP contribution < -0.4 is 5.56 Å². The Labute approximate surface area is 165 Å². The van der Waals surface area contributed by atoms with Gasteiger partial charge in [0.2, 0.25) is 5.91 Å². The Morgan fingerprint density at radius 2 is 1.89 bits per heavy atom. The third-order valence-corrected chi connectivity index (χ3v) is 6.83. The van der Waals surface area contributed by atoms with E-state index in [-0.39, 0.29) is 17.4 Å². The highest BCUT2D eigenvalue weighted by atomic mass is 16.2. The van der Waals surface area contributed by atoms with Crippen LogP contribution in [0.15, 0.2) is 41.5 Å². The summed E-state index contributed by atoms with van der Waals surface area (Å²) in [6.07, 6.45) is 10.4. The first-order valence-electron chi connectivity index (χ1n) is 10.6. The highest BCUT2D eigenvalue weighted by Crippen LogP contribution is 2.40. The van der Waals surface area contributed by atoms with E-state index in [0.29, 0.717) is 18.4 Å². The molecule has 0 spiro atoms. The van der Waals surface area contributed by atoms with Crippen molar-refractivity contribution in [2.45, 2.75) is 51.0 Å². The van der Waals surface area contributed by atoms with Crippen LogP contribution in [0.5, 0.6) is 0 Å². The average Bonchev–Trinajstić information content (AvgIpc) is 2.75. The molecule has 28 heavy (non-hydrogen) atoms. The number of aromatic nitrogens is 2. The molecule has 1 saturated carbocycles. The molecule has 0 radical (unpaired) electrons. The summed E-state index contributed by atoms with van der Waals surface area (Å²) >= 11 is 0. The number of carbonyl (C=O) groups is 1. The minimum atomic E-state index is 0.0735. The molecule has 2 atom stereocenters. The summed E-state index contributed by atoms with van der Waals surface area (Å²) in [4.78, 5) is 32.2. The molecule has 5 rings (SSSR count). The zero-order valence-corrected chi connectivity index (χ0v) is 16.2. The van der Waals surface area contributed by atoms with Crippen molar-refractivity contribution in [2.24, 2.45) is 11.8 Å². The maximum atomic E-state index is 13.2. The van der Waals surface area contributed by atoms with Crippen LogP contribution in [0.25, 0.3) is 11.1 Å². The monoisotopic (exact) mass is 377 g/mol. The summed E-state index contributed by atoms with van der Waals surface area (Å²) in [6.45, 7) is 2.25. The SMILES string of the molecule is O=C(C1CCCCC1)N1C[C@@H]2C[C@@H](C1)c1c(-c3cccnc3)ccc(=O)n1C2. The molecule has 146 valence electrons. The summed E-state index contributed by atoms with van der Waals surface area (Å²) in [6, 6.07) is 7.60. The molecule has 2 fully saturated rings. The number of amides is 1. The predicted octanol–water partition coefficient (Wildman–Crippen LogP) is 3.44. The standard InChI is InChI=1S/C23H27N3O2/c27-21-9-8-20(18-7-4-10-24-12-18)22-19-11-16(14-26(21)22)13-25(15-19)23(28)17-5-2-1-3-6-17/h4,7-10,12,16-17,19H,1-3,5-6,11,13-15H2/t16-,19-/m0/s1. The second-order valence-electron chi connectivity index (χ2n) is 8.70. The zero-order valence-electron chi connectivity index (χ0n) is 16.2. The largest absolute Gasteiger partial charge is 0.341 e.